The van der Waals surface area contributed by atoms with E-state index in [0.717, 1.165) is 23.9 Å². The molecule has 6 heteroatoms. The molecule has 1 atom stereocenters. The summed E-state index contributed by atoms with van der Waals surface area (Å²) in [5.74, 6) is 0.668. The zero-order valence-corrected chi connectivity index (χ0v) is 13.0. The zero-order valence-electron chi connectivity index (χ0n) is 12.2. The van der Waals surface area contributed by atoms with Crippen LogP contribution in [0.4, 0.5) is 0 Å². The van der Waals surface area contributed by atoms with Crippen molar-refractivity contribution in [3.05, 3.63) is 30.3 Å². The van der Waals surface area contributed by atoms with Crippen molar-refractivity contribution in [3.8, 4) is 5.69 Å². The predicted molar refractivity (Wildman–Crippen MR) is 82.2 cm³/mol. The molecule has 0 radical (unpaired) electrons. The third kappa shape index (κ3) is 4.31. The van der Waals surface area contributed by atoms with E-state index in [9.17, 15) is 0 Å². The summed E-state index contributed by atoms with van der Waals surface area (Å²) < 4.78 is 1.78. The quantitative estimate of drug-likeness (QED) is 0.794. The first-order valence-corrected chi connectivity index (χ1v) is 7.76. The molecule has 1 aromatic carbocycles. The molecule has 0 aliphatic carbocycles. The molecular weight excluding hydrogens is 270 g/mol. The second-order valence-corrected chi connectivity index (χ2v) is 6.59. The van der Waals surface area contributed by atoms with Crippen molar-refractivity contribution in [2.24, 2.45) is 5.92 Å². The number of hydrogen-bond acceptors (Lipinski definition) is 5. The highest BCUT2D eigenvalue weighted by molar-refractivity contribution is 7.99. The first-order valence-electron chi connectivity index (χ1n) is 6.88. The Labute approximate surface area is 124 Å². The summed E-state index contributed by atoms with van der Waals surface area (Å²) in [6.45, 7) is 8.59. The molecule has 0 bridgehead atoms. The lowest BCUT2D eigenvalue weighted by molar-refractivity contribution is 0.553. The van der Waals surface area contributed by atoms with E-state index in [0.29, 0.717) is 11.2 Å². The topological polar surface area (TPSA) is 55.6 Å². The maximum Gasteiger partial charge on any atom is 0.214 e. The highest BCUT2D eigenvalue weighted by Gasteiger charge is 2.12. The van der Waals surface area contributed by atoms with E-state index in [1.165, 1.54) is 0 Å². The molecule has 0 saturated carbocycles. The molecule has 20 heavy (non-hydrogen) atoms. The van der Waals surface area contributed by atoms with Crippen LogP contribution in [0, 0.1) is 5.92 Å². The third-order valence-corrected chi connectivity index (χ3v) is 3.77. The molecule has 2 aromatic rings. The van der Waals surface area contributed by atoms with E-state index in [4.69, 9.17) is 0 Å². The molecule has 1 heterocycles. The minimum absolute atomic E-state index is 0.419. The van der Waals surface area contributed by atoms with E-state index in [2.05, 4.69) is 41.6 Å². The summed E-state index contributed by atoms with van der Waals surface area (Å²) in [7, 11) is 0. The number of nitrogens with one attached hydrogen (secondary N) is 1. The van der Waals surface area contributed by atoms with Crippen molar-refractivity contribution in [1.29, 1.82) is 0 Å². The van der Waals surface area contributed by atoms with Gasteiger partial charge in [-0.25, -0.2) is 0 Å². The van der Waals surface area contributed by atoms with Crippen LogP contribution in [-0.4, -0.2) is 38.5 Å². The molecule has 1 aromatic heterocycles. The number of para-hydroxylation sites is 1. The molecule has 0 saturated heterocycles. The Balaban J connectivity index is 1.95. The minimum atomic E-state index is 0.419. The van der Waals surface area contributed by atoms with Crippen molar-refractivity contribution >= 4 is 11.8 Å². The van der Waals surface area contributed by atoms with Gasteiger partial charge in [0.2, 0.25) is 5.16 Å². The van der Waals surface area contributed by atoms with Crippen LogP contribution in [0.2, 0.25) is 0 Å². The zero-order chi connectivity index (χ0) is 14.4. The fourth-order valence-electron chi connectivity index (χ4n) is 1.78. The van der Waals surface area contributed by atoms with Gasteiger partial charge in [0.1, 0.15) is 0 Å². The van der Waals surface area contributed by atoms with E-state index >= 15 is 0 Å². The van der Waals surface area contributed by atoms with Crippen LogP contribution < -0.4 is 5.32 Å². The lowest BCUT2D eigenvalue weighted by atomic mass is 10.2. The Morgan fingerprint density at radius 3 is 2.60 bits per heavy atom. The van der Waals surface area contributed by atoms with Crippen LogP contribution in [-0.2, 0) is 0 Å². The van der Waals surface area contributed by atoms with Crippen molar-refractivity contribution in [2.75, 3.05) is 13.1 Å². The first kappa shape index (κ1) is 15.0. The van der Waals surface area contributed by atoms with Gasteiger partial charge in [0.05, 0.1) is 5.69 Å². The summed E-state index contributed by atoms with van der Waals surface area (Å²) in [4.78, 5) is 0. The van der Waals surface area contributed by atoms with Gasteiger partial charge in [-0.1, -0.05) is 50.7 Å². The number of aromatic nitrogens is 4. The van der Waals surface area contributed by atoms with Gasteiger partial charge in [0, 0.05) is 11.8 Å². The second-order valence-electron chi connectivity index (χ2n) is 5.19. The van der Waals surface area contributed by atoms with Gasteiger partial charge in [0.15, 0.2) is 0 Å². The van der Waals surface area contributed by atoms with Crippen LogP contribution in [0.25, 0.3) is 5.69 Å². The molecular formula is C14H21N5S. The molecule has 5 nitrogen and oxygen atoms in total. The van der Waals surface area contributed by atoms with Gasteiger partial charge >= 0.3 is 0 Å². The van der Waals surface area contributed by atoms with E-state index in [1.54, 1.807) is 16.4 Å². The molecule has 0 amide bonds. The van der Waals surface area contributed by atoms with Crippen molar-refractivity contribution in [1.82, 2.24) is 25.5 Å². The number of tetrazole rings is 1. The van der Waals surface area contributed by atoms with Crippen LogP contribution in [0.5, 0.6) is 0 Å². The smallest absolute Gasteiger partial charge is 0.214 e. The van der Waals surface area contributed by atoms with Gasteiger partial charge < -0.3 is 5.32 Å². The number of thioether (sulfide) groups is 1. The summed E-state index contributed by atoms with van der Waals surface area (Å²) in [5, 5.41) is 16.7. The molecule has 2 rings (SSSR count). The Bertz CT molecular complexity index is 511. The van der Waals surface area contributed by atoms with Crippen molar-refractivity contribution in [3.63, 3.8) is 0 Å². The normalized spacial score (nSPS) is 12.8. The molecule has 0 aliphatic rings. The van der Waals surface area contributed by atoms with Gasteiger partial charge in [-0.2, -0.15) is 4.68 Å². The molecule has 108 valence electrons. The Morgan fingerprint density at radius 2 is 1.90 bits per heavy atom. The van der Waals surface area contributed by atoms with Crippen LogP contribution in [0.3, 0.4) is 0 Å². The molecule has 1 N–H and O–H groups in total. The van der Waals surface area contributed by atoms with E-state index < -0.39 is 0 Å². The van der Waals surface area contributed by atoms with Crippen LogP contribution >= 0.6 is 11.8 Å². The minimum Gasteiger partial charge on any atom is -0.315 e. The predicted octanol–water partition coefficient (Wildman–Crippen LogP) is 2.39. The van der Waals surface area contributed by atoms with E-state index in [1.807, 2.05) is 30.3 Å². The van der Waals surface area contributed by atoms with Gasteiger partial charge in [-0.05, 0) is 35.0 Å². The maximum atomic E-state index is 4.11. The van der Waals surface area contributed by atoms with Crippen molar-refractivity contribution < 1.29 is 0 Å². The number of rotatable bonds is 7. The fourth-order valence-corrected chi connectivity index (χ4v) is 2.67. The highest BCUT2D eigenvalue weighted by atomic mass is 32.2. The Kier molecular flexibility index (Phi) is 5.55. The fraction of sp³-hybridized carbons (Fsp3) is 0.500. The number of nitrogens with zero attached hydrogens (tertiary/aromatic N) is 4. The number of hydrogen-bond donors (Lipinski definition) is 1. The summed E-state index contributed by atoms with van der Waals surface area (Å²) in [6.07, 6.45) is 0. The molecule has 0 aliphatic heterocycles. The number of benzene rings is 1. The summed E-state index contributed by atoms with van der Waals surface area (Å²) in [5.41, 5.74) is 0.988. The monoisotopic (exact) mass is 291 g/mol. The largest absolute Gasteiger partial charge is 0.315 e. The third-order valence-electron chi connectivity index (χ3n) is 2.73. The molecule has 0 spiro atoms. The van der Waals surface area contributed by atoms with Gasteiger partial charge in [-0.3, -0.25) is 0 Å². The molecule has 0 fully saturated rings. The summed E-state index contributed by atoms with van der Waals surface area (Å²) in [6, 6.07) is 9.96. The maximum absolute atomic E-state index is 4.11. The average Bonchev–Trinajstić information content (AvgIpc) is 2.87. The van der Waals surface area contributed by atoms with Crippen LogP contribution in [0.1, 0.15) is 20.8 Å². The first-order chi connectivity index (χ1) is 9.66. The standard InChI is InChI=1S/C14H21N5S/c1-11(2)9-15-10-12(3)20-14-16-17-18-19(14)13-7-5-4-6-8-13/h4-8,11-12,15H,9-10H2,1-3H3. The van der Waals surface area contributed by atoms with Crippen molar-refractivity contribution in [2.45, 2.75) is 31.2 Å². The SMILES string of the molecule is CC(C)CNCC(C)Sc1nnnn1-c1ccccc1. The second kappa shape index (κ2) is 7.40. The lowest BCUT2D eigenvalue weighted by Gasteiger charge is -2.13. The summed E-state index contributed by atoms with van der Waals surface area (Å²) >= 11 is 1.69. The Morgan fingerprint density at radius 1 is 1.15 bits per heavy atom. The lowest BCUT2D eigenvalue weighted by Crippen LogP contribution is -2.26. The Hall–Kier alpha value is -1.40. The highest BCUT2D eigenvalue weighted by Crippen LogP contribution is 2.22. The average molecular weight is 291 g/mol. The van der Waals surface area contributed by atoms with Gasteiger partial charge in [-0.15, -0.1) is 5.10 Å². The van der Waals surface area contributed by atoms with Crippen LogP contribution in [0.15, 0.2) is 35.5 Å². The molecule has 1 unspecified atom stereocenters. The van der Waals surface area contributed by atoms with Gasteiger partial charge in [0.25, 0.3) is 0 Å². The van der Waals surface area contributed by atoms with E-state index in [-0.39, 0.29) is 0 Å².